The molecule has 0 spiro atoms. The van der Waals surface area contributed by atoms with Crippen molar-refractivity contribution in [2.45, 2.75) is 49.8 Å². The Morgan fingerprint density at radius 2 is 2.46 bits per heavy atom. The molecule has 2 heteroatoms. The topological polar surface area (TPSA) is 26.0 Å². The van der Waals surface area contributed by atoms with Crippen molar-refractivity contribution >= 4 is 11.8 Å². The van der Waals surface area contributed by atoms with Crippen LogP contribution in [0.1, 0.15) is 38.5 Å². The van der Waals surface area contributed by atoms with Gasteiger partial charge >= 0.3 is 0 Å². The third-order valence-corrected chi connectivity index (χ3v) is 4.61. The van der Waals surface area contributed by atoms with Gasteiger partial charge in [0.15, 0.2) is 0 Å². The van der Waals surface area contributed by atoms with E-state index in [9.17, 15) is 0 Å². The van der Waals surface area contributed by atoms with E-state index >= 15 is 0 Å². The highest BCUT2D eigenvalue weighted by atomic mass is 32.2. The van der Waals surface area contributed by atoms with Crippen LogP contribution in [0, 0.1) is 0 Å². The van der Waals surface area contributed by atoms with Crippen LogP contribution in [0.5, 0.6) is 0 Å². The van der Waals surface area contributed by atoms with Crippen molar-refractivity contribution in [3.8, 4) is 0 Å². The third kappa shape index (κ3) is 2.50. The normalized spacial score (nSPS) is 30.5. The zero-order chi connectivity index (χ0) is 9.10. The molecular formula is C11H19NS. The molecule has 0 radical (unpaired) electrons. The van der Waals surface area contributed by atoms with Crippen molar-refractivity contribution in [3.05, 3.63) is 11.6 Å². The number of nitrogens with two attached hydrogens (primary N) is 1. The van der Waals surface area contributed by atoms with Gasteiger partial charge in [0, 0.05) is 11.3 Å². The van der Waals surface area contributed by atoms with Crippen molar-refractivity contribution < 1.29 is 0 Å². The standard InChI is InChI=1S/C11H19NS/c12-10(11-6-3-7-13-11)8-9-4-1-2-5-9/h4,10-11H,1-3,5-8,12H2. The fourth-order valence-corrected chi connectivity index (χ4v) is 3.61. The second-order valence-corrected chi connectivity index (χ2v) is 5.52. The molecule has 1 aliphatic carbocycles. The Bertz CT molecular complexity index is 194. The van der Waals surface area contributed by atoms with Gasteiger partial charge in [-0.1, -0.05) is 11.6 Å². The lowest BCUT2D eigenvalue weighted by Gasteiger charge is -2.18. The Hall–Kier alpha value is 0.0500. The first-order valence-electron chi connectivity index (χ1n) is 5.41. The molecule has 1 saturated heterocycles. The maximum absolute atomic E-state index is 6.20. The minimum absolute atomic E-state index is 0.428. The van der Waals surface area contributed by atoms with Crippen LogP contribution in [0.25, 0.3) is 0 Å². The lowest BCUT2D eigenvalue weighted by molar-refractivity contribution is 0.599. The molecule has 2 unspecified atom stereocenters. The molecule has 0 aromatic heterocycles. The van der Waals surface area contributed by atoms with Crippen molar-refractivity contribution in [1.82, 2.24) is 0 Å². The molecule has 0 aromatic rings. The maximum Gasteiger partial charge on any atom is 0.0202 e. The van der Waals surface area contributed by atoms with E-state index in [1.54, 1.807) is 5.57 Å². The van der Waals surface area contributed by atoms with E-state index in [1.165, 1.54) is 37.9 Å². The van der Waals surface area contributed by atoms with Crippen LogP contribution >= 0.6 is 11.8 Å². The lowest BCUT2D eigenvalue weighted by atomic mass is 10.0. The highest BCUT2D eigenvalue weighted by Gasteiger charge is 2.23. The van der Waals surface area contributed by atoms with E-state index in [-0.39, 0.29) is 0 Å². The number of hydrogen-bond donors (Lipinski definition) is 1. The molecule has 0 amide bonds. The fraction of sp³-hybridized carbons (Fsp3) is 0.818. The van der Waals surface area contributed by atoms with E-state index in [1.807, 2.05) is 0 Å². The molecule has 1 nitrogen and oxygen atoms in total. The molecule has 74 valence electrons. The van der Waals surface area contributed by atoms with Gasteiger partial charge in [-0.3, -0.25) is 0 Å². The molecule has 13 heavy (non-hydrogen) atoms. The predicted molar refractivity (Wildman–Crippen MR) is 60.0 cm³/mol. The average molecular weight is 197 g/mol. The summed E-state index contributed by atoms with van der Waals surface area (Å²) in [5.41, 5.74) is 7.82. The summed E-state index contributed by atoms with van der Waals surface area (Å²) in [5.74, 6) is 1.33. The van der Waals surface area contributed by atoms with E-state index < -0.39 is 0 Å². The zero-order valence-corrected chi connectivity index (χ0v) is 8.98. The van der Waals surface area contributed by atoms with Crippen LogP contribution in [0.2, 0.25) is 0 Å². The van der Waals surface area contributed by atoms with Gasteiger partial charge in [-0.05, 0) is 44.3 Å². The number of allylic oxidation sites excluding steroid dienone is 1. The summed E-state index contributed by atoms with van der Waals surface area (Å²) in [4.78, 5) is 0. The minimum atomic E-state index is 0.428. The van der Waals surface area contributed by atoms with Gasteiger partial charge in [-0.2, -0.15) is 11.8 Å². The molecule has 1 aliphatic heterocycles. The van der Waals surface area contributed by atoms with Crippen LogP contribution in [0.15, 0.2) is 11.6 Å². The molecular weight excluding hydrogens is 178 g/mol. The summed E-state index contributed by atoms with van der Waals surface area (Å²) in [6, 6.07) is 0.428. The summed E-state index contributed by atoms with van der Waals surface area (Å²) in [6.45, 7) is 0. The molecule has 2 N–H and O–H groups in total. The zero-order valence-electron chi connectivity index (χ0n) is 8.17. The molecule has 2 aliphatic rings. The molecule has 2 atom stereocenters. The highest BCUT2D eigenvalue weighted by Crippen LogP contribution is 2.31. The van der Waals surface area contributed by atoms with Crippen molar-refractivity contribution in [1.29, 1.82) is 0 Å². The summed E-state index contributed by atoms with van der Waals surface area (Å²) < 4.78 is 0. The Morgan fingerprint density at radius 1 is 1.54 bits per heavy atom. The molecule has 0 saturated carbocycles. The van der Waals surface area contributed by atoms with Gasteiger partial charge < -0.3 is 5.73 Å². The highest BCUT2D eigenvalue weighted by molar-refractivity contribution is 8.00. The van der Waals surface area contributed by atoms with Crippen LogP contribution < -0.4 is 5.73 Å². The Labute approximate surface area is 85.2 Å². The van der Waals surface area contributed by atoms with Gasteiger partial charge in [0.1, 0.15) is 0 Å². The van der Waals surface area contributed by atoms with Crippen molar-refractivity contribution in [2.75, 3.05) is 5.75 Å². The largest absolute Gasteiger partial charge is 0.326 e. The molecule has 1 fully saturated rings. The van der Waals surface area contributed by atoms with Gasteiger partial charge in [0.2, 0.25) is 0 Å². The quantitative estimate of drug-likeness (QED) is 0.704. The smallest absolute Gasteiger partial charge is 0.0202 e. The fourth-order valence-electron chi connectivity index (χ4n) is 2.30. The summed E-state index contributed by atoms with van der Waals surface area (Å²) in [7, 11) is 0. The Kier molecular flexibility index (Phi) is 3.33. The third-order valence-electron chi connectivity index (χ3n) is 3.08. The molecule has 1 heterocycles. The second-order valence-electron chi connectivity index (χ2n) is 4.17. The first-order valence-corrected chi connectivity index (χ1v) is 6.46. The maximum atomic E-state index is 6.20. The number of rotatable bonds is 3. The molecule has 0 bridgehead atoms. The SMILES string of the molecule is NC(CC1=CCCC1)C1CCCS1. The number of hydrogen-bond acceptors (Lipinski definition) is 2. The first-order chi connectivity index (χ1) is 6.36. The number of thioether (sulfide) groups is 1. The van der Waals surface area contributed by atoms with Crippen molar-refractivity contribution in [2.24, 2.45) is 5.73 Å². The summed E-state index contributed by atoms with van der Waals surface area (Å²) >= 11 is 2.08. The van der Waals surface area contributed by atoms with Crippen LogP contribution in [0.4, 0.5) is 0 Å². The first kappa shape index (κ1) is 9.60. The van der Waals surface area contributed by atoms with Gasteiger partial charge in [0.05, 0.1) is 0 Å². The monoisotopic (exact) mass is 197 g/mol. The minimum Gasteiger partial charge on any atom is -0.326 e. The van der Waals surface area contributed by atoms with E-state index in [0.717, 1.165) is 11.7 Å². The second kappa shape index (κ2) is 4.52. The molecule has 0 aromatic carbocycles. The van der Waals surface area contributed by atoms with E-state index in [4.69, 9.17) is 5.73 Å². The van der Waals surface area contributed by atoms with Crippen molar-refractivity contribution in [3.63, 3.8) is 0 Å². The average Bonchev–Trinajstić information content (AvgIpc) is 2.74. The van der Waals surface area contributed by atoms with Crippen LogP contribution in [-0.4, -0.2) is 17.0 Å². The van der Waals surface area contributed by atoms with E-state index in [0.29, 0.717) is 6.04 Å². The predicted octanol–water partition coefficient (Wildman–Crippen LogP) is 2.71. The van der Waals surface area contributed by atoms with Gasteiger partial charge in [-0.15, -0.1) is 0 Å². The summed E-state index contributed by atoms with van der Waals surface area (Å²) in [6.07, 6.45) is 10.3. The molecule has 2 rings (SSSR count). The Balaban J connectivity index is 1.79. The lowest BCUT2D eigenvalue weighted by Crippen LogP contribution is -2.31. The summed E-state index contributed by atoms with van der Waals surface area (Å²) in [5, 5.41) is 0.751. The van der Waals surface area contributed by atoms with Gasteiger partial charge in [-0.25, -0.2) is 0 Å². The van der Waals surface area contributed by atoms with E-state index in [2.05, 4.69) is 17.8 Å². The Morgan fingerprint density at radius 3 is 3.08 bits per heavy atom. The van der Waals surface area contributed by atoms with Gasteiger partial charge in [0.25, 0.3) is 0 Å². The van der Waals surface area contributed by atoms with Crippen LogP contribution in [0.3, 0.4) is 0 Å². The van der Waals surface area contributed by atoms with Crippen LogP contribution in [-0.2, 0) is 0 Å².